The van der Waals surface area contributed by atoms with Crippen molar-refractivity contribution >= 4 is 67.2 Å². The molecule has 0 aliphatic rings. The Hall–Kier alpha value is -1.21. The van der Waals surface area contributed by atoms with E-state index in [1.165, 1.54) is 11.3 Å². The Morgan fingerprint density at radius 3 is 2.48 bits per heavy atom. The molecule has 0 unspecified atom stereocenters. The van der Waals surface area contributed by atoms with Crippen LogP contribution in [0.25, 0.3) is 11.3 Å². The monoisotopic (exact) mass is 471 g/mol. The normalized spacial score (nSPS) is 10.5. The van der Waals surface area contributed by atoms with Gasteiger partial charge >= 0.3 is 0 Å². The van der Waals surface area contributed by atoms with Gasteiger partial charge in [0.2, 0.25) is 5.13 Å². The molecule has 1 aromatic heterocycles. The van der Waals surface area contributed by atoms with E-state index in [2.05, 4.69) is 31.4 Å². The maximum Gasteiger partial charge on any atom is 0.203 e. The summed E-state index contributed by atoms with van der Waals surface area (Å²) in [6.07, 6.45) is 1.73. The van der Waals surface area contributed by atoms with Crippen molar-refractivity contribution in [1.82, 2.24) is 4.98 Å². The predicted octanol–water partition coefficient (Wildman–Crippen LogP) is 6.25. The molecule has 1 N–H and O–H groups in total. The van der Waals surface area contributed by atoms with Crippen molar-refractivity contribution in [3.63, 3.8) is 0 Å². The van der Waals surface area contributed by atoms with E-state index in [4.69, 9.17) is 11.6 Å². The van der Waals surface area contributed by atoms with Crippen LogP contribution in [0.2, 0.25) is 5.02 Å². The third kappa shape index (κ3) is 5.14. The number of hydrogen-bond acceptors (Lipinski definition) is 4. The lowest BCUT2D eigenvalue weighted by Gasteiger charge is -1.97. The lowest BCUT2D eigenvalue weighted by atomic mass is 10.2. The largest absolute Gasteiger partial charge is 0.253 e. The lowest BCUT2D eigenvalue weighted by molar-refractivity contribution is 1.29. The Bertz CT molecular complexity index is 786. The molecule has 118 valence electrons. The molecule has 0 fully saturated rings. The maximum atomic E-state index is 5.84. The van der Waals surface area contributed by atoms with E-state index in [0.717, 1.165) is 26.4 Å². The van der Waals surface area contributed by atoms with Gasteiger partial charge in [0.05, 0.1) is 11.9 Å². The molecule has 0 bridgehead atoms. The minimum atomic E-state index is 0. The van der Waals surface area contributed by atoms with Crippen molar-refractivity contribution in [3.8, 4) is 11.3 Å². The standard InChI is InChI=1S/C16H11BrClN3S.BrH/c17-13-5-3-12(4-6-13)15-10-22-16(20-15)21-19-9-11-1-7-14(18)8-2-11;/h1-10H,(H,20,21);1H/b19-9+;. The highest BCUT2D eigenvalue weighted by atomic mass is 79.9. The van der Waals surface area contributed by atoms with Gasteiger partial charge in [-0.1, -0.05) is 51.8 Å². The summed E-state index contributed by atoms with van der Waals surface area (Å²) in [6.45, 7) is 0. The summed E-state index contributed by atoms with van der Waals surface area (Å²) in [6, 6.07) is 15.5. The molecule has 0 saturated heterocycles. The molecule has 0 aliphatic carbocycles. The summed E-state index contributed by atoms with van der Waals surface area (Å²) in [5.74, 6) is 0. The number of thiazole rings is 1. The van der Waals surface area contributed by atoms with Gasteiger partial charge in [-0.3, -0.25) is 5.43 Å². The van der Waals surface area contributed by atoms with Crippen LogP contribution in [0.5, 0.6) is 0 Å². The van der Waals surface area contributed by atoms with E-state index in [-0.39, 0.29) is 17.0 Å². The van der Waals surface area contributed by atoms with Crippen LogP contribution in [-0.4, -0.2) is 11.2 Å². The number of hydrogen-bond donors (Lipinski definition) is 1. The molecule has 2 aromatic carbocycles. The predicted molar refractivity (Wildman–Crippen MR) is 108 cm³/mol. The summed E-state index contributed by atoms with van der Waals surface area (Å²) < 4.78 is 1.05. The second-order valence-corrected chi connectivity index (χ2v) is 6.68. The van der Waals surface area contributed by atoms with Gasteiger partial charge in [-0.05, 0) is 29.8 Å². The van der Waals surface area contributed by atoms with Crippen LogP contribution in [-0.2, 0) is 0 Å². The molecular weight excluding hydrogens is 462 g/mol. The van der Waals surface area contributed by atoms with E-state index < -0.39 is 0 Å². The van der Waals surface area contributed by atoms with Crippen molar-refractivity contribution in [1.29, 1.82) is 0 Å². The highest BCUT2D eigenvalue weighted by molar-refractivity contribution is 9.10. The molecular formula is C16H12Br2ClN3S. The van der Waals surface area contributed by atoms with Gasteiger partial charge in [-0.25, -0.2) is 4.98 Å². The van der Waals surface area contributed by atoms with Crippen LogP contribution in [0.15, 0.2) is 63.5 Å². The first kappa shape index (κ1) is 18.1. The summed E-state index contributed by atoms with van der Waals surface area (Å²) in [5, 5.41) is 7.65. The summed E-state index contributed by atoms with van der Waals surface area (Å²) in [7, 11) is 0. The number of aromatic nitrogens is 1. The molecule has 0 radical (unpaired) electrons. The first-order chi connectivity index (χ1) is 10.7. The number of nitrogens with zero attached hydrogens (tertiary/aromatic N) is 2. The van der Waals surface area contributed by atoms with Crippen LogP contribution in [0, 0.1) is 0 Å². The summed E-state index contributed by atoms with van der Waals surface area (Å²) in [5.41, 5.74) is 5.93. The zero-order chi connectivity index (χ0) is 15.4. The molecule has 7 heteroatoms. The molecule has 0 aliphatic heterocycles. The molecule has 3 aromatic rings. The van der Waals surface area contributed by atoms with Crippen LogP contribution in [0.1, 0.15) is 5.56 Å². The molecule has 0 atom stereocenters. The average Bonchev–Trinajstić information content (AvgIpc) is 2.99. The van der Waals surface area contributed by atoms with Crippen LogP contribution >= 0.6 is 55.8 Å². The molecule has 3 rings (SSSR count). The number of hydrazone groups is 1. The van der Waals surface area contributed by atoms with Crippen LogP contribution in [0.3, 0.4) is 0 Å². The minimum absolute atomic E-state index is 0. The van der Waals surface area contributed by atoms with Crippen LogP contribution < -0.4 is 5.43 Å². The molecule has 0 spiro atoms. The molecule has 1 heterocycles. The zero-order valence-electron chi connectivity index (χ0n) is 11.7. The number of halogens is 3. The van der Waals surface area contributed by atoms with Gasteiger partial charge in [-0.2, -0.15) is 5.10 Å². The number of nitrogens with one attached hydrogen (secondary N) is 1. The highest BCUT2D eigenvalue weighted by Crippen LogP contribution is 2.26. The van der Waals surface area contributed by atoms with Crippen LogP contribution in [0.4, 0.5) is 5.13 Å². The Morgan fingerprint density at radius 1 is 1.09 bits per heavy atom. The quantitative estimate of drug-likeness (QED) is 0.359. The fourth-order valence-corrected chi connectivity index (χ4v) is 2.85. The van der Waals surface area contributed by atoms with Crippen molar-refractivity contribution in [2.45, 2.75) is 0 Å². The van der Waals surface area contributed by atoms with E-state index in [1.807, 2.05) is 53.9 Å². The third-order valence-electron chi connectivity index (χ3n) is 2.89. The van der Waals surface area contributed by atoms with Crippen molar-refractivity contribution < 1.29 is 0 Å². The molecule has 23 heavy (non-hydrogen) atoms. The maximum absolute atomic E-state index is 5.84. The zero-order valence-corrected chi connectivity index (χ0v) is 16.6. The second-order valence-electron chi connectivity index (χ2n) is 4.47. The third-order valence-corrected chi connectivity index (χ3v) is 4.42. The van der Waals surface area contributed by atoms with Gasteiger partial charge in [0.1, 0.15) is 0 Å². The smallest absolute Gasteiger partial charge is 0.203 e. The Balaban J connectivity index is 0.00000192. The van der Waals surface area contributed by atoms with Gasteiger partial charge in [0, 0.05) is 20.4 Å². The van der Waals surface area contributed by atoms with Crippen molar-refractivity contribution in [3.05, 3.63) is 69.0 Å². The fourth-order valence-electron chi connectivity index (χ4n) is 1.79. The van der Waals surface area contributed by atoms with Gasteiger partial charge in [0.25, 0.3) is 0 Å². The highest BCUT2D eigenvalue weighted by Gasteiger charge is 2.03. The van der Waals surface area contributed by atoms with E-state index in [9.17, 15) is 0 Å². The van der Waals surface area contributed by atoms with E-state index in [1.54, 1.807) is 6.21 Å². The fraction of sp³-hybridized carbons (Fsp3) is 0. The Labute approximate surface area is 162 Å². The Kier molecular flexibility index (Phi) is 6.77. The summed E-state index contributed by atoms with van der Waals surface area (Å²) in [4.78, 5) is 4.51. The second kappa shape index (κ2) is 8.59. The van der Waals surface area contributed by atoms with Gasteiger partial charge in [0.15, 0.2) is 0 Å². The average molecular weight is 474 g/mol. The van der Waals surface area contributed by atoms with Gasteiger partial charge in [-0.15, -0.1) is 28.3 Å². The SMILES string of the molecule is Br.Clc1ccc(/C=N/Nc2nc(-c3ccc(Br)cc3)cs2)cc1. The number of anilines is 1. The van der Waals surface area contributed by atoms with Crippen molar-refractivity contribution in [2.24, 2.45) is 5.10 Å². The lowest BCUT2D eigenvalue weighted by Crippen LogP contribution is -1.90. The molecule has 0 amide bonds. The molecule has 0 saturated carbocycles. The summed E-state index contributed by atoms with van der Waals surface area (Å²) >= 11 is 10.8. The topological polar surface area (TPSA) is 37.3 Å². The molecule has 3 nitrogen and oxygen atoms in total. The Morgan fingerprint density at radius 2 is 1.78 bits per heavy atom. The van der Waals surface area contributed by atoms with E-state index >= 15 is 0 Å². The van der Waals surface area contributed by atoms with Gasteiger partial charge < -0.3 is 0 Å². The van der Waals surface area contributed by atoms with Crippen molar-refractivity contribution in [2.75, 3.05) is 5.43 Å². The first-order valence-corrected chi connectivity index (χ1v) is 8.52. The first-order valence-electron chi connectivity index (χ1n) is 6.47. The number of benzene rings is 2. The number of rotatable bonds is 4. The van der Waals surface area contributed by atoms with E-state index in [0.29, 0.717) is 5.02 Å². The minimum Gasteiger partial charge on any atom is -0.253 e.